The number of aromatic nitrogens is 4. The maximum atomic E-state index is 12.2. The van der Waals surface area contributed by atoms with Crippen molar-refractivity contribution in [2.24, 2.45) is 0 Å². The summed E-state index contributed by atoms with van der Waals surface area (Å²) in [6, 6.07) is 9.47. The lowest BCUT2D eigenvalue weighted by atomic mass is 10.2. The Labute approximate surface area is 158 Å². The highest BCUT2D eigenvalue weighted by Gasteiger charge is 2.28. The predicted octanol–water partition coefficient (Wildman–Crippen LogP) is 3.47. The van der Waals surface area contributed by atoms with Crippen LogP contribution in [-0.4, -0.2) is 38.4 Å². The fourth-order valence-electron chi connectivity index (χ4n) is 2.33. The Kier molecular flexibility index (Phi) is 5.30. The summed E-state index contributed by atoms with van der Waals surface area (Å²) in [4.78, 5) is 16.4. The number of nitrogens with zero attached hydrogens (tertiary/aromatic N) is 4. The molecular weight excluding hydrogens is 375 g/mol. The average Bonchev–Trinajstić information content (AvgIpc) is 2.99. The molecule has 0 aliphatic heterocycles. The standard InChI is InChI=1S/C18H16F3N5O2/c1-11-12(2)26(10-22-11)14-5-3-13(4-6-14)23-17(27)15-7-8-16(25-24-15)28-9-18(19,20)21/h3-8,10H,9H2,1-2H3,(H,23,27). The molecule has 0 unspecified atom stereocenters. The van der Waals surface area contributed by atoms with E-state index in [1.54, 1.807) is 18.5 Å². The number of carbonyl (C=O) groups is 1. The lowest BCUT2D eigenvalue weighted by molar-refractivity contribution is -0.154. The second kappa shape index (κ2) is 7.67. The number of aryl methyl sites for hydroxylation is 1. The van der Waals surface area contributed by atoms with E-state index in [2.05, 4.69) is 25.2 Å². The third-order valence-electron chi connectivity index (χ3n) is 3.91. The van der Waals surface area contributed by atoms with Gasteiger partial charge in [0.1, 0.15) is 0 Å². The summed E-state index contributed by atoms with van der Waals surface area (Å²) in [6.45, 7) is 2.40. The van der Waals surface area contributed by atoms with Gasteiger partial charge < -0.3 is 14.6 Å². The molecule has 7 nitrogen and oxygen atoms in total. The van der Waals surface area contributed by atoms with Crippen LogP contribution >= 0.6 is 0 Å². The zero-order chi connectivity index (χ0) is 20.3. The molecule has 146 valence electrons. The molecule has 3 rings (SSSR count). The largest absolute Gasteiger partial charge is 0.467 e. The van der Waals surface area contributed by atoms with Gasteiger partial charge in [-0.1, -0.05) is 0 Å². The first-order valence-electron chi connectivity index (χ1n) is 8.18. The Balaban J connectivity index is 1.63. The summed E-state index contributed by atoms with van der Waals surface area (Å²) >= 11 is 0. The Morgan fingerprint density at radius 1 is 1.11 bits per heavy atom. The first kappa shape index (κ1) is 19.3. The highest BCUT2D eigenvalue weighted by molar-refractivity contribution is 6.02. The predicted molar refractivity (Wildman–Crippen MR) is 94.6 cm³/mol. The first-order valence-corrected chi connectivity index (χ1v) is 8.18. The molecule has 3 aromatic rings. The van der Waals surface area contributed by atoms with Crippen molar-refractivity contribution in [1.29, 1.82) is 0 Å². The number of imidazole rings is 1. The molecule has 0 aliphatic rings. The van der Waals surface area contributed by atoms with Crippen molar-refractivity contribution in [2.75, 3.05) is 11.9 Å². The fraction of sp³-hybridized carbons (Fsp3) is 0.222. The fourth-order valence-corrected chi connectivity index (χ4v) is 2.33. The van der Waals surface area contributed by atoms with Crippen molar-refractivity contribution in [3.8, 4) is 11.6 Å². The van der Waals surface area contributed by atoms with Crippen LogP contribution in [0.4, 0.5) is 18.9 Å². The van der Waals surface area contributed by atoms with Crippen molar-refractivity contribution in [3.63, 3.8) is 0 Å². The van der Waals surface area contributed by atoms with Crippen LogP contribution in [0, 0.1) is 13.8 Å². The van der Waals surface area contributed by atoms with E-state index in [4.69, 9.17) is 0 Å². The lowest BCUT2D eigenvalue weighted by Gasteiger charge is -2.09. The quantitative estimate of drug-likeness (QED) is 0.720. The van der Waals surface area contributed by atoms with E-state index in [-0.39, 0.29) is 11.6 Å². The summed E-state index contributed by atoms with van der Waals surface area (Å²) in [7, 11) is 0. The van der Waals surface area contributed by atoms with Gasteiger partial charge in [0.25, 0.3) is 5.91 Å². The smallest absolute Gasteiger partial charge is 0.422 e. The molecule has 28 heavy (non-hydrogen) atoms. The minimum absolute atomic E-state index is 0.0514. The zero-order valence-electron chi connectivity index (χ0n) is 15.0. The number of ether oxygens (including phenoxy) is 1. The Morgan fingerprint density at radius 3 is 2.36 bits per heavy atom. The van der Waals surface area contributed by atoms with Crippen LogP contribution in [-0.2, 0) is 0 Å². The van der Waals surface area contributed by atoms with E-state index in [0.29, 0.717) is 5.69 Å². The van der Waals surface area contributed by atoms with E-state index >= 15 is 0 Å². The number of amides is 1. The van der Waals surface area contributed by atoms with Gasteiger partial charge in [-0.25, -0.2) is 4.98 Å². The lowest BCUT2D eigenvalue weighted by Crippen LogP contribution is -2.20. The number of rotatable bonds is 5. The van der Waals surface area contributed by atoms with E-state index < -0.39 is 18.7 Å². The molecule has 0 fully saturated rings. The normalized spacial score (nSPS) is 11.3. The molecule has 0 bridgehead atoms. The molecule has 1 amide bonds. The Hall–Kier alpha value is -3.43. The third kappa shape index (κ3) is 4.64. The van der Waals surface area contributed by atoms with Gasteiger partial charge in [0.15, 0.2) is 12.3 Å². The van der Waals surface area contributed by atoms with E-state index in [9.17, 15) is 18.0 Å². The first-order chi connectivity index (χ1) is 13.2. The molecule has 0 radical (unpaired) electrons. The highest BCUT2D eigenvalue weighted by atomic mass is 19.4. The summed E-state index contributed by atoms with van der Waals surface area (Å²) in [5, 5.41) is 9.70. The van der Waals surface area contributed by atoms with E-state index in [1.807, 2.05) is 30.5 Å². The topological polar surface area (TPSA) is 81.9 Å². The minimum atomic E-state index is -4.47. The number of halogens is 3. The van der Waals surface area contributed by atoms with Gasteiger partial charge in [0.2, 0.25) is 5.88 Å². The number of hydrogen-bond donors (Lipinski definition) is 1. The van der Waals surface area contributed by atoms with Crippen LogP contribution in [0.3, 0.4) is 0 Å². The molecule has 0 saturated heterocycles. The summed E-state index contributed by atoms with van der Waals surface area (Å²) in [6.07, 6.45) is -2.76. The van der Waals surface area contributed by atoms with Gasteiger partial charge in [-0.15, -0.1) is 10.2 Å². The highest BCUT2D eigenvalue weighted by Crippen LogP contribution is 2.18. The molecule has 2 heterocycles. The van der Waals surface area contributed by atoms with Gasteiger partial charge in [-0.05, 0) is 44.2 Å². The van der Waals surface area contributed by atoms with Crippen LogP contribution in [0.15, 0.2) is 42.7 Å². The minimum Gasteiger partial charge on any atom is -0.467 e. The Bertz CT molecular complexity index is 966. The number of nitrogens with one attached hydrogen (secondary N) is 1. The van der Waals surface area contributed by atoms with Crippen molar-refractivity contribution in [1.82, 2.24) is 19.7 Å². The molecule has 1 aromatic carbocycles. The van der Waals surface area contributed by atoms with Gasteiger partial charge in [-0.2, -0.15) is 13.2 Å². The number of alkyl halides is 3. The SMILES string of the molecule is Cc1ncn(-c2ccc(NC(=O)c3ccc(OCC(F)(F)F)nn3)cc2)c1C. The molecule has 0 spiro atoms. The van der Waals surface area contributed by atoms with Crippen molar-refractivity contribution in [3.05, 3.63) is 59.8 Å². The van der Waals surface area contributed by atoms with E-state index in [0.717, 1.165) is 23.1 Å². The number of benzene rings is 1. The number of anilines is 1. The van der Waals surface area contributed by atoms with Crippen molar-refractivity contribution in [2.45, 2.75) is 20.0 Å². The van der Waals surface area contributed by atoms with Gasteiger partial charge in [-0.3, -0.25) is 4.79 Å². The van der Waals surface area contributed by atoms with Crippen molar-refractivity contribution < 1.29 is 22.7 Å². The zero-order valence-corrected chi connectivity index (χ0v) is 15.0. The van der Waals surface area contributed by atoms with Crippen LogP contribution in [0.5, 0.6) is 5.88 Å². The maximum Gasteiger partial charge on any atom is 0.422 e. The molecule has 10 heteroatoms. The molecule has 1 N–H and O–H groups in total. The van der Waals surface area contributed by atoms with Crippen LogP contribution in [0.2, 0.25) is 0 Å². The van der Waals surface area contributed by atoms with Crippen LogP contribution < -0.4 is 10.1 Å². The van der Waals surface area contributed by atoms with E-state index in [1.165, 1.54) is 6.07 Å². The molecule has 0 atom stereocenters. The number of carbonyl (C=O) groups excluding carboxylic acids is 1. The number of hydrogen-bond acceptors (Lipinski definition) is 5. The molecular formula is C18H16F3N5O2. The van der Waals surface area contributed by atoms with Crippen LogP contribution in [0.25, 0.3) is 5.69 Å². The van der Waals surface area contributed by atoms with Gasteiger partial charge in [0, 0.05) is 23.1 Å². The van der Waals surface area contributed by atoms with Crippen molar-refractivity contribution >= 4 is 11.6 Å². The molecule has 2 aromatic heterocycles. The second-order valence-corrected chi connectivity index (χ2v) is 5.95. The summed E-state index contributed by atoms with van der Waals surface area (Å²) in [5.41, 5.74) is 3.31. The average molecular weight is 391 g/mol. The summed E-state index contributed by atoms with van der Waals surface area (Å²) < 4.78 is 42.7. The van der Waals surface area contributed by atoms with Gasteiger partial charge in [0.05, 0.1) is 12.0 Å². The molecule has 0 saturated carbocycles. The third-order valence-corrected chi connectivity index (χ3v) is 3.91. The Morgan fingerprint density at radius 2 is 1.82 bits per heavy atom. The summed E-state index contributed by atoms with van der Waals surface area (Å²) in [5.74, 6) is -0.860. The molecule has 0 aliphatic carbocycles. The van der Waals surface area contributed by atoms with Crippen LogP contribution in [0.1, 0.15) is 21.9 Å². The monoisotopic (exact) mass is 391 g/mol. The van der Waals surface area contributed by atoms with Gasteiger partial charge >= 0.3 is 6.18 Å². The maximum absolute atomic E-state index is 12.2. The second-order valence-electron chi connectivity index (χ2n) is 5.95.